The molecule has 1 heterocycles. The van der Waals surface area contributed by atoms with Crippen LogP contribution in [0.15, 0.2) is 22.7 Å². The van der Waals surface area contributed by atoms with E-state index < -0.39 is 0 Å². The molecule has 0 N–H and O–H groups in total. The van der Waals surface area contributed by atoms with Crippen LogP contribution in [0.1, 0.15) is 24.6 Å². The van der Waals surface area contributed by atoms with Crippen molar-refractivity contribution < 1.29 is 4.39 Å². The third kappa shape index (κ3) is 1.63. The van der Waals surface area contributed by atoms with E-state index in [2.05, 4.69) is 31.5 Å². The molecule has 16 heavy (non-hydrogen) atoms. The second-order valence-electron chi connectivity index (χ2n) is 3.82. The molecule has 0 radical (unpaired) electrons. The summed E-state index contributed by atoms with van der Waals surface area (Å²) in [5.41, 5.74) is 0.645. The van der Waals surface area contributed by atoms with Crippen molar-refractivity contribution in [2.45, 2.75) is 18.8 Å². The summed E-state index contributed by atoms with van der Waals surface area (Å²) < 4.78 is 15.6. The first-order valence-corrected chi connectivity index (χ1v) is 5.78. The first kappa shape index (κ1) is 9.89. The summed E-state index contributed by atoms with van der Waals surface area (Å²) in [5, 5.41) is 11.5. The molecule has 1 saturated carbocycles. The molecule has 0 saturated heterocycles. The van der Waals surface area contributed by atoms with Gasteiger partial charge in [-0.3, -0.25) is 0 Å². The van der Waals surface area contributed by atoms with E-state index in [-0.39, 0.29) is 5.82 Å². The van der Waals surface area contributed by atoms with Gasteiger partial charge in [-0.15, -0.1) is 5.10 Å². The summed E-state index contributed by atoms with van der Waals surface area (Å²) in [4.78, 5) is 0. The maximum absolute atomic E-state index is 13.2. The predicted octanol–water partition coefficient (Wildman–Crippen LogP) is 2.44. The zero-order valence-corrected chi connectivity index (χ0v) is 9.85. The van der Waals surface area contributed by atoms with Crippen LogP contribution in [0.4, 0.5) is 4.39 Å². The number of tetrazole rings is 1. The topological polar surface area (TPSA) is 43.6 Å². The standard InChI is InChI=1S/C10H8BrFN4/c11-8-4-3-7(12)5-9(8)16-10(6-1-2-6)13-14-15-16/h3-6H,1-2H2. The van der Waals surface area contributed by atoms with Crippen molar-refractivity contribution in [1.82, 2.24) is 20.2 Å². The lowest BCUT2D eigenvalue weighted by Gasteiger charge is -2.05. The fourth-order valence-corrected chi connectivity index (χ4v) is 2.02. The molecule has 0 atom stereocenters. The molecular weight excluding hydrogens is 275 g/mol. The Morgan fingerprint density at radius 3 is 2.94 bits per heavy atom. The largest absolute Gasteiger partial charge is 0.207 e. The molecule has 3 rings (SSSR count). The number of nitrogens with zero attached hydrogens (tertiary/aromatic N) is 4. The van der Waals surface area contributed by atoms with E-state index in [1.807, 2.05) is 0 Å². The van der Waals surface area contributed by atoms with Crippen LogP contribution in [-0.4, -0.2) is 20.2 Å². The average molecular weight is 283 g/mol. The number of halogens is 2. The highest BCUT2D eigenvalue weighted by atomic mass is 79.9. The highest BCUT2D eigenvalue weighted by Crippen LogP contribution is 2.39. The van der Waals surface area contributed by atoms with Crippen LogP contribution in [0.3, 0.4) is 0 Å². The molecule has 0 spiro atoms. The molecule has 6 heteroatoms. The molecule has 0 amide bonds. The first-order chi connectivity index (χ1) is 7.75. The van der Waals surface area contributed by atoms with Crippen LogP contribution in [0, 0.1) is 5.82 Å². The van der Waals surface area contributed by atoms with Gasteiger partial charge in [-0.25, -0.2) is 4.39 Å². The molecule has 1 aromatic heterocycles. The van der Waals surface area contributed by atoms with Gasteiger partial charge in [0, 0.05) is 16.5 Å². The molecule has 0 aliphatic heterocycles. The Hall–Kier alpha value is -1.30. The van der Waals surface area contributed by atoms with Crippen molar-refractivity contribution in [3.8, 4) is 5.69 Å². The third-order valence-electron chi connectivity index (χ3n) is 2.57. The summed E-state index contributed by atoms with van der Waals surface area (Å²) in [6.45, 7) is 0. The van der Waals surface area contributed by atoms with Crippen LogP contribution in [0.2, 0.25) is 0 Å². The zero-order valence-electron chi connectivity index (χ0n) is 8.27. The van der Waals surface area contributed by atoms with Crippen LogP contribution in [0.25, 0.3) is 5.69 Å². The van der Waals surface area contributed by atoms with Gasteiger partial charge < -0.3 is 0 Å². The SMILES string of the molecule is Fc1ccc(Br)c(-n2nnnc2C2CC2)c1. The van der Waals surface area contributed by atoms with Gasteiger partial charge in [0.2, 0.25) is 0 Å². The highest BCUT2D eigenvalue weighted by molar-refractivity contribution is 9.10. The Morgan fingerprint density at radius 2 is 2.19 bits per heavy atom. The van der Waals surface area contributed by atoms with E-state index in [1.54, 1.807) is 10.7 Å². The molecule has 1 fully saturated rings. The number of rotatable bonds is 2. The fraction of sp³-hybridized carbons (Fsp3) is 0.300. The lowest BCUT2D eigenvalue weighted by atomic mass is 10.3. The van der Waals surface area contributed by atoms with Crippen LogP contribution >= 0.6 is 15.9 Å². The monoisotopic (exact) mass is 282 g/mol. The number of hydrogen-bond acceptors (Lipinski definition) is 3. The van der Waals surface area contributed by atoms with Crippen molar-refractivity contribution in [2.24, 2.45) is 0 Å². The van der Waals surface area contributed by atoms with Crippen molar-refractivity contribution in [1.29, 1.82) is 0 Å². The number of aromatic nitrogens is 4. The fourth-order valence-electron chi connectivity index (χ4n) is 1.61. The first-order valence-electron chi connectivity index (χ1n) is 4.99. The number of benzene rings is 1. The van der Waals surface area contributed by atoms with E-state index in [1.165, 1.54) is 12.1 Å². The third-order valence-corrected chi connectivity index (χ3v) is 3.24. The van der Waals surface area contributed by atoms with Gasteiger partial charge in [0.1, 0.15) is 5.82 Å². The molecule has 82 valence electrons. The summed E-state index contributed by atoms with van der Waals surface area (Å²) in [7, 11) is 0. The second-order valence-corrected chi connectivity index (χ2v) is 4.67. The van der Waals surface area contributed by atoms with Crippen molar-refractivity contribution >= 4 is 15.9 Å². The number of hydrogen-bond donors (Lipinski definition) is 0. The van der Waals surface area contributed by atoms with Crippen LogP contribution < -0.4 is 0 Å². The minimum atomic E-state index is -0.296. The smallest absolute Gasteiger partial charge is 0.159 e. The lowest BCUT2D eigenvalue weighted by molar-refractivity contribution is 0.623. The van der Waals surface area contributed by atoms with E-state index in [0.29, 0.717) is 11.6 Å². The van der Waals surface area contributed by atoms with E-state index in [0.717, 1.165) is 23.1 Å². The summed E-state index contributed by atoms with van der Waals surface area (Å²) in [6.07, 6.45) is 2.21. The Bertz CT molecular complexity index is 535. The molecule has 2 aromatic rings. The molecule has 0 unspecified atom stereocenters. The molecular formula is C10H8BrFN4. The predicted molar refractivity (Wildman–Crippen MR) is 58.8 cm³/mol. The Labute approximate surface area is 99.6 Å². The Morgan fingerprint density at radius 1 is 1.38 bits per heavy atom. The van der Waals surface area contributed by atoms with Gasteiger partial charge in [0.25, 0.3) is 0 Å². The normalized spacial score (nSPS) is 15.4. The molecule has 4 nitrogen and oxygen atoms in total. The van der Waals surface area contributed by atoms with Crippen LogP contribution in [-0.2, 0) is 0 Å². The van der Waals surface area contributed by atoms with Gasteiger partial charge in [-0.1, -0.05) is 0 Å². The molecule has 0 bridgehead atoms. The van der Waals surface area contributed by atoms with Crippen molar-refractivity contribution in [3.63, 3.8) is 0 Å². The molecule has 1 aromatic carbocycles. The van der Waals surface area contributed by atoms with E-state index >= 15 is 0 Å². The molecule has 1 aliphatic rings. The van der Waals surface area contributed by atoms with Gasteiger partial charge in [-0.2, -0.15) is 4.68 Å². The van der Waals surface area contributed by atoms with Gasteiger partial charge in [0.15, 0.2) is 5.82 Å². The van der Waals surface area contributed by atoms with Gasteiger partial charge >= 0.3 is 0 Å². The highest BCUT2D eigenvalue weighted by Gasteiger charge is 2.30. The van der Waals surface area contributed by atoms with Gasteiger partial charge in [0.05, 0.1) is 5.69 Å². The lowest BCUT2D eigenvalue weighted by Crippen LogP contribution is -2.03. The Kier molecular flexibility index (Phi) is 2.24. The van der Waals surface area contributed by atoms with Crippen molar-refractivity contribution in [2.75, 3.05) is 0 Å². The van der Waals surface area contributed by atoms with E-state index in [9.17, 15) is 4.39 Å². The van der Waals surface area contributed by atoms with Gasteiger partial charge in [-0.05, 0) is 51.3 Å². The summed E-state index contributed by atoms with van der Waals surface area (Å²) in [6, 6.07) is 4.48. The summed E-state index contributed by atoms with van der Waals surface area (Å²) in [5.74, 6) is 0.937. The minimum Gasteiger partial charge on any atom is -0.207 e. The maximum Gasteiger partial charge on any atom is 0.159 e. The van der Waals surface area contributed by atoms with Crippen LogP contribution in [0.5, 0.6) is 0 Å². The quantitative estimate of drug-likeness (QED) is 0.850. The molecule has 1 aliphatic carbocycles. The van der Waals surface area contributed by atoms with Crippen molar-refractivity contribution in [3.05, 3.63) is 34.3 Å². The van der Waals surface area contributed by atoms with E-state index in [4.69, 9.17) is 0 Å². The zero-order chi connectivity index (χ0) is 11.1. The minimum absolute atomic E-state index is 0.296. The summed E-state index contributed by atoms with van der Waals surface area (Å²) >= 11 is 3.37. The Balaban J connectivity index is 2.13. The average Bonchev–Trinajstić information content (AvgIpc) is 3.01. The second kappa shape index (κ2) is 3.62. The maximum atomic E-state index is 13.2.